The largest absolute Gasteiger partial charge is 0.478 e. The average molecular weight is 744 g/mol. The Morgan fingerprint density at radius 3 is 2.16 bits per heavy atom. The van der Waals surface area contributed by atoms with E-state index in [9.17, 15) is 27.9 Å². The van der Waals surface area contributed by atoms with Gasteiger partial charge >= 0.3 is 5.97 Å². The Labute approximate surface area is 312 Å². The third-order valence-corrected chi connectivity index (χ3v) is 8.46. The van der Waals surface area contributed by atoms with Gasteiger partial charge in [-0.05, 0) is 90.4 Å². The molecule has 1 amide bonds. The lowest BCUT2D eigenvalue weighted by Crippen LogP contribution is -2.35. The SMILES string of the molecule is C=C(/C=C\C(=C/C)C(=O)O)N1CC(CCN(CC)C/C(SC)=C(\C)N=C(C)C(C)(C)C)COCC1=O.CC.CC.CC(C)=C(F)/C=C(/F)C(C)F. The summed E-state index contributed by atoms with van der Waals surface area (Å²) in [5.41, 5.74) is 3.18. The van der Waals surface area contributed by atoms with Crippen LogP contribution in [0.2, 0.25) is 0 Å². The molecule has 0 aromatic heterocycles. The number of alkyl halides is 1. The van der Waals surface area contributed by atoms with E-state index in [1.807, 2.05) is 27.7 Å². The maximum atomic E-state index is 12.6. The summed E-state index contributed by atoms with van der Waals surface area (Å²) < 4.78 is 42.6. The van der Waals surface area contributed by atoms with Crippen molar-refractivity contribution >= 4 is 29.4 Å². The average Bonchev–Trinajstić information content (AvgIpc) is 3.27. The first-order valence-corrected chi connectivity index (χ1v) is 19.0. The molecule has 7 nitrogen and oxygen atoms in total. The van der Waals surface area contributed by atoms with Crippen molar-refractivity contribution in [3.63, 3.8) is 0 Å². The predicted molar refractivity (Wildman–Crippen MR) is 213 cm³/mol. The van der Waals surface area contributed by atoms with Crippen LogP contribution >= 0.6 is 11.8 Å². The van der Waals surface area contributed by atoms with Gasteiger partial charge in [0.1, 0.15) is 24.4 Å². The number of carbonyl (C=O) groups is 2. The minimum Gasteiger partial charge on any atom is -0.478 e. The molecule has 0 aromatic carbocycles. The zero-order valence-electron chi connectivity index (χ0n) is 34.2. The molecule has 294 valence electrons. The fourth-order valence-corrected chi connectivity index (χ4v) is 4.58. The Balaban J connectivity index is -0.00000129. The van der Waals surface area contributed by atoms with Gasteiger partial charge in [-0.2, -0.15) is 0 Å². The molecule has 2 atom stereocenters. The van der Waals surface area contributed by atoms with Gasteiger partial charge in [-0.15, -0.1) is 11.8 Å². The predicted octanol–water partition coefficient (Wildman–Crippen LogP) is 10.9. The zero-order chi connectivity index (χ0) is 40.5. The zero-order valence-corrected chi connectivity index (χ0v) is 35.0. The fourth-order valence-electron chi connectivity index (χ4n) is 3.93. The van der Waals surface area contributed by atoms with Crippen LogP contribution in [0.25, 0.3) is 0 Å². The van der Waals surface area contributed by atoms with Crippen molar-refractivity contribution in [2.75, 3.05) is 45.6 Å². The van der Waals surface area contributed by atoms with E-state index < -0.39 is 23.8 Å². The van der Waals surface area contributed by atoms with Crippen LogP contribution in [0.15, 0.2) is 75.0 Å². The van der Waals surface area contributed by atoms with Crippen LogP contribution in [0.1, 0.15) is 103 Å². The van der Waals surface area contributed by atoms with E-state index in [-0.39, 0.29) is 29.4 Å². The number of likely N-dealkylation sites (N-methyl/N-ethyl adjacent to an activating group) is 1. The first-order chi connectivity index (χ1) is 23.8. The molecule has 1 rings (SSSR count). The van der Waals surface area contributed by atoms with Gasteiger partial charge in [-0.3, -0.25) is 14.7 Å². The number of hydrogen-bond donors (Lipinski definition) is 1. The van der Waals surface area contributed by atoms with E-state index in [0.717, 1.165) is 44.4 Å². The van der Waals surface area contributed by atoms with E-state index in [0.29, 0.717) is 30.5 Å². The number of nitrogens with zero attached hydrogens (tertiary/aromatic N) is 3. The smallest absolute Gasteiger partial charge is 0.335 e. The lowest BCUT2D eigenvalue weighted by molar-refractivity contribution is -0.132. The van der Waals surface area contributed by atoms with Gasteiger partial charge in [-0.1, -0.05) is 68.0 Å². The molecule has 0 saturated carbocycles. The number of carboxylic acid groups (broad SMARTS) is 1. The molecule has 51 heavy (non-hydrogen) atoms. The number of rotatable bonds is 14. The number of aliphatic imine (C=N–C) groups is 1. The summed E-state index contributed by atoms with van der Waals surface area (Å²) in [7, 11) is 0. The summed E-state index contributed by atoms with van der Waals surface area (Å²) in [5, 5.41) is 9.21. The Bertz CT molecular complexity index is 1260. The lowest BCUT2D eigenvalue weighted by atomic mass is 9.91. The van der Waals surface area contributed by atoms with Crippen LogP contribution in [0.5, 0.6) is 0 Å². The van der Waals surface area contributed by atoms with Crippen molar-refractivity contribution < 1.29 is 32.6 Å². The van der Waals surface area contributed by atoms with E-state index in [2.05, 4.69) is 59.3 Å². The molecule has 1 aliphatic rings. The summed E-state index contributed by atoms with van der Waals surface area (Å²) in [6, 6.07) is 0. The number of aliphatic carboxylic acids is 1. The van der Waals surface area contributed by atoms with Crippen LogP contribution in [-0.2, 0) is 14.3 Å². The second kappa shape index (κ2) is 28.7. The van der Waals surface area contributed by atoms with E-state index in [1.165, 1.54) is 30.9 Å². The van der Waals surface area contributed by atoms with Crippen molar-refractivity contribution in [3.05, 3.63) is 70.0 Å². The highest BCUT2D eigenvalue weighted by molar-refractivity contribution is 8.02. The molecule has 0 aromatic rings. The molecule has 1 saturated heterocycles. The number of ether oxygens (including phenoxy) is 1. The molecule has 11 heteroatoms. The number of carboxylic acids is 1. The highest BCUT2D eigenvalue weighted by Gasteiger charge is 2.25. The Hall–Kier alpha value is -2.89. The third-order valence-electron chi connectivity index (χ3n) is 7.54. The van der Waals surface area contributed by atoms with Crippen LogP contribution < -0.4 is 0 Å². The van der Waals surface area contributed by atoms with Crippen molar-refractivity contribution in [2.45, 2.75) is 110 Å². The van der Waals surface area contributed by atoms with E-state index in [4.69, 9.17) is 9.73 Å². The lowest BCUT2D eigenvalue weighted by Gasteiger charge is -2.27. The van der Waals surface area contributed by atoms with Crippen molar-refractivity contribution in [1.82, 2.24) is 9.80 Å². The highest BCUT2D eigenvalue weighted by Crippen LogP contribution is 2.24. The Kier molecular flexibility index (Phi) is 29.5. The van der Waals surface area contributed by atoms with Gasteiger partial charge in [0.05, 0.1) is 12.2 Å². The first kappa shape index (κ1) is 52.5. The molecular weight excluding hydrogens is 676 g/mol. The standard InChI is InChI=1S/C28H45N3O4S.C8H11F3.2C2H6/c1-10-24(27(33)34)13-12-20(3)31-16-23(18-35-19-26(31)32)14-15-30(11-2)17-25(36-9)21(4)29-22(5)28(6,7)8;1-5(2)7(10)4-8(11)6(3)9;2*1-2/h10,12-13,23H,3,11,14-19H2,1-2,4-9H3,(H,33,34);4,6H,1-3H3;2*1-2H3/b13-12-,24-10+,25-21-,29-22?;8-4+;;. The number of halogens is 3. The third kappa shape index (κ3) is 22.6. The van der Waals surface area contributed by atoms with Gasteiger partial charge < -0.3 is 14.7 Å². The normalized spacial score (nSPS) is 16.8. The molecule has 1 heterocycles. The summed E-state index contributed by atoms with van der Waals surface area (Å²) >= 11 is 1.74. The summed E-state index contributed by atoms with van der Waals surface area (Å²) in [6.45, 7) is 34.1. The van der Waals surface area contributed by atoms with Crippen LogP contribution in [0.4, 0.5) is 13.2 Å². The molecule has 1 N–H and O–H groups in total. The Morgan fingerprint density at radius 1 is 1.16 bits per heavy atom. The molecule has 2 unspecified atom stereocenters. The van der Waals surface area contributed by atoms with Gasteiger partial charge in [0.25, 0.3) is 5.91 Å². The Morgan fingerprint density at radius 2 is 1.73 bits per heavy atom. The highest BCUT2D eigenvalue weighted by atomic mass is 32.2. The first-order valence-electron chi connectivity index (χ1n) is 17.8. The van der Waals surface area contributed by atoms with Crippen molar-refractivity contribution in [2.24, 2.45) is 16.3 Å². The fraction of sp³-hybridized carbons (Fsp3) is 0.625. The van der Waals surface area contributed by atoms with Crippen molar-refractivity contribution in [1.29, 1.82) is 0 Å². The van der Waals surface area contributed by atoms with E-state index >= 15 is 0 Å². The molecular formula is C40H68F3N3O4S. The van der Waals surface area contributed by atoms with Gasteiger partial charge in [-0.25, -0.2) is 18.0 Å². The number of thioether (sulfide) groups is 1. The molecule has 0 aliphatic carbocycles. The van der Waals surface area contributed by atoms with E-state index in [1.54, 1.807) is 29.7 Å². The summed E-state index contributed by atoms with van der Waals surface area (Å²) in [6.07, 6.45) is 6.37. The maximum absolute atomic E-state index is 12.6. The molecule has 1 aliphatic heterocycles. The molecule has 0 radical (unpaired) electrons. The quantitative estimate of drug-likeness (QED) is 0.108. The van der Waals surface area contributed by atoms with Gasteiger partial charge in [0.15, 0.2) is 0 Å². The molecule has 1 fully saturated rings. The van der Waals surface area contributed by atoms with Crippen LogP contribution in [-0.4, -0.2) is 84.3 Å². The number of carbonyl (C=O) groups excluding carboxylic acids is 1. The van der Waals surface area contributed by atoms with Gasteiger partial charge in [0.2, 0.25) is 0 Å². The molecule has 0 bridgehead atoms. The minimum atomic E-state index is -1.74. The van der Waals surface area contributed by atoms with Crippen molar-refractivity contribution in [3.8, 4) is 0 Å². The number of hydrogen-bond acceptors (Lipinski definition) is 6. The summed E-state index contributed by atoms with van der Waals surface area (Å²) in [5.74, 6) is -2.82. The van der Waals surface area contributed by atoms with Crippen LogP contribution in [0.3, 0.4) is 0 Å². The number of allylic oxidation sites excluding steroid dienone is 7. The monoisotopic (exact) mass is 743 g/mol. The molecule has 0 spiro atoms. The second-order valence-corrected chi connectivity index (χ2v) is 13.5. The topological polar surface area (TPSA) is 82.4 Å². The van der Waals surface area contributed by atoms with Gasteiger partial charge in [0, 0.05) is 47.1 Å². The minimum absolute atomic E-state index is 0.0000553. The summed E-state index contributed by atoms with van der Waals surface area (Å²) in [4.78, 5) is 34.0. The van der Waals surface area contributed by atoms with Crippen LogP contribution in [0, 0.1) is 11.3 Å². The maximum Gasteiger partial charge on any atom is 0.335 e. The number of amides is 1. The second-order valence-electron chi connectivity index (χ2n) is 12.6.